The largest absolute Gasteiger partial charge is 0.394 e. The van der Waals surface area contributed by atoms with Gasteiger partial charge in [-0.25, -0.2) is 0 Å². The first-order valence-corrected chi connectivity index (χ1v) is 1.86. The molecule has 0 fully saturated rings. The van der Waals surface area contributed by atoms with Gasteiger partial charge in [-0.3, -0.25) is 0 Å². The van der Waals surface area contributed by atoms with Crippen LogP contribution in [0.5, 0.6) is 0 Å². The van der Waals surface area contributed by atoms with Crippen LogP contribution in [0.15, 0.2) is 0 Å². The molecule has 0 atom stereocenters. The van der Waals surface area contributed by atoms with Crippen LogP contribution in [0.2, 0.25) is 0 Å². The molecule has 0 saturated heterocycles. The molecular weight excluding hydrogens is 94.0 g/mol. The van der Waals surface area contributed by atoms with Gasteiger partial charge in [0.1, 0.15) is 0 Å². The maximum atomic E-state index is 8.57. The SMILES string of the molecule is CC(C)(O)OC#N. The zero-order chi connectivity index (χ0) is 5.91. The van der Waals surface area contributed by atoms with E-state index in [4.69, 9.17) is 10.4 Å². The zero-order valence-corrected chi connectivity index (χ0v) is 4.30. The van der Waals surface area contributed by atoms with Crippen molar-refractivity contribution in [2.75, 3.05) is 0 Å². The monoisotopic (exact) mass is 101 g/mol. The smallest absolute Gasteiger partial charge is 0.289 e. The highest BCUT2D eigenvalue weighted by atomic mass is 16.6. The Bertz CT molecular complexity index is 86.8. The molecule has 0 unspecified atom stereocenters. The fourth-order valence-electron chi connectivity index (χ4n) is 0.112. The second-order valence-electron chi connectivity index (χ2n) is 1.64. The Morgan fingerprint density at radius 2 is 2.14 bits per heavy atom. The lowest BCUT2D eigenvalue weighted by Crippen LogP contribution is -2.19. The van der Waals surface area contributed by atoms with E-state index in [0.29, 0.717) is 0 Å². The quantitative estimate of drug-likeness (QED) is 0.379. The minimum atomic E-state index is -1.31. The molecule has 0 spiro atoms. The summed E-state index contributed by atoms with van der Waals surface area (Å²) in [6.45, 7) is 2.77. The lowest BCUT2D eigenvalue weighted by atomic mass is 10.4. The van der Waals surface area contributed by atoms with Gasteiger partial charge in [-0.1, -0.05) is 0 Å². The molecule has 3 nitrogen and oxygen atoms in total. The summed E-state index contributed by atoms with van der Waals surface area (Å²) < 4.78 is 4.09. The number of hydrogen-bond donors (Lipinski definition) is 1. The van der Waals surface area contributed by atoms with Crippen LogP contribution in [-0.2, 0) is 4.74 Å². The van der Waals surface area contributed by atoms with Crippen molar-refractivity contribution in [2.24, 2.45) is 0 Å². The molecule has 0 rings (SSSR count). The number of rotatable bonds is 1. The molecule has 0 radical (unpaired) electrons. The molecule has 0 heterocycles. The second-order valence-corrected chi connectivity index (χ2v) is 1.64. The van der Waals surface area contributed by atoms with E-state index >= 15 is 0 Å². The Kier molecular flexibility index (Phi) is 1.61. The van der Waals surface area contributed by atoms with Crippen molar-refractivity contribution in [1.82, 2.24) is 0 Å². The fraction of sp³-hybridized carbons (Fsp3) is 0.750. The summed E-state index contributed by atoms with van der Waals surface area (Å²) in [5, 5.41) is 16.3. The van der Waals surface area contributed by atoms with Crippen molar-refractivity contribution in [1.29, 1.82) is 5.26 Å². The molecule has 0 aromatic carbocycles. The molecule has 40 valence electrons. The van der Waals surface area contributed by atoms with Crippen LogP contribution in [0.25, 0.3) is 0 Å². The van der Waals surface area contributed by atoms with Crippen LogP contribution in [0.4, 0.5) is 0 Å². The van der Waals surface area contributed by atoms with Crippen LogP contribution in [0.3, 0.4) is 0 Å². The second kappa shape index (κ2) is 1.80. The maximum Gasteiger partial charge on any atom is 0.289 e. The number of ether oxygens (including phenoxy) is 1. The van der Waals surface area contributed by atoms with Gasteiger partial charge >= 0.3 is 0 Å². The van der Waals surface area contributed by atoms with E-state index < -0.39 is 5.79 Å². The molecule has 0 amide bonds. The zero-order valence-electron chi connectivity index (χ0n) is 4.30. The Morgan fingerprint density at radius 3 is 2.14 bits per heavy atom. The van der Waals surface area contributed by atoms with Gasteiger partial charge in [-0.2, -0.15) is 5.26 Å². The van der Waals surface area contributed by atoms with E-state index in [0.717, 1.165) is 0 Å². The fourth-order valence-corrected chi connectivity index (χ4v) is 0.112. The van der Waals surface area contributed by atoms with E-state index in [1.165, 1.54) is 20.1 Å². The molecule has 0 aliphatic heterocycles. The molecule has 0 bridgehead atoms. The van der Waals surface area contributed by atoms with Crippen LogP contribution in [-0.4, -0.2) is 10.9 Å². The Hall–Kier alpha value is -0.750. The van der Waals surface area contributed by atoms with Crippen molar-refractivity contribution < 1.29 is 9.84 Å². The predicted octanol–water partition coefficient (Wildman–Crippen LogP) is 0.212. The van der Waals surface area contributed by atoms with E-state index in [1.54, 1.807) is 0 Å². The highest BCUT2D eigenvalue weighted by molar-refractivity contribution is 4.57. The Morgan fingerprint density at radius 1 is 1.71 bits per heavy atom. The summed E-state index contributed by atoms with van der Waals surface area (Å²) in [4.78, 5) is 0. The van der Waals surface area contributed by atoms with Crippen molar-refractivity contribution in [2.45, 2.75) is 19.6 Å². The van der Waals surface area contributed by atoms with Gasteiger partial charge in [-0.15, -0.1) is 0 Å². The van der Waals surface area contributed by atoms with Gasteiger partial charge in [0.2, 0.25) is 5.79 Å². The average molecular weight is 101 g/mol. The molecule has 7 heavy (non-hydrogen) atoms. The van der Waals surface area contributed by atoms with Gasteiger partial charge in [0.05, 0.1) is 0 Å². The minimum absolute atomic E-state index is 1.31. The molecule has 0 aliphatic carbocycles. The van der Waals surface area contributed by atoms with Gasteiger partial charge in [-0.05, 0) is 0 Å². The number of aliphatic hydroxyl groups is 1. The standard InChI is InChI=1S/C4H7NO2/c1-4(2,6)7-3-5/h6H,1-2H3. The van der Waals surface area contributed by atoms with Crippen LogP contribution >= 0.6 is 0 Å². The summed E-state index contributed by atoms with van der Waals surface area (Å²) in [5.74, 6) is -1.31. The molecule has 1 N–H and O–H groups in total. The van der Waals surface area contributed by atoms with E-state index in [9.17, 15) is 0 Å². The molecule has 0 aromatic heterocycles. The first-order valence-electron chi connectivity index (χ1n) is 1.86. The summed E-state index contributed by atoms with van der Waals surface area (Å²) >= 11 is 0. The molecule has 0 saturated carbocycles. The van der Waals surface area contributed by atoms with Gasteiger partial charge in [0.15, 0.2) is 0 Å². The Balaban J connectivity index is 3.40. The molecule has 0 aromatic rings. The average Bonchev–Trinajstić information content (AvgIpc) is 1.30. The minimum Gasteiger partial charge on any atom is -0.394 e. The van der Waals surface area contributed by atoms with Crippen molar-refractivity contribution in [3.05, 3.63) is 0 Å². The third-order valence-electron chi connectivity index (χ3n) is 0.295. The first-order chi connectivity index (χ1) is 3.06. The first kappa shape index (κ1) is 6.25. The van der Waals surface area contributed by atoms with Crippen molar-refractivity contribution in [3.8, 4) is 6.26 Å². The van der Waals surface area contributed by atoms with Crippen molar-refractivity contribution in [3.63, 3.8) is 0 Å². The Labute approximate surface area is 42.1 Å². The maximum absolute atomic E-state index is 8.57. The summed E-state index contributed by atoms with van der Waals surface area (Å²) in [5.41, 5.74) is 0. The summed E-state index contributed by atoms with van der Waals surface area (Å²) in [6, 6.07) is 0. The summed E-state index contributed by atoms with van der Waals surface area (Å²) in [7, 11) is 0. The van der Waals surface area contributed by atoms with Gasteiger partial charge < -0.3 is 9.84 Å². The van der Waals surface area contributed by atoms with Crippen LogP contribution in [0.1, 0.15) is 13.8 Å². The lowest BCUT2D eigenvalue weighted by Gasteiger charge is -2.10. The van der Waals surface area contributed by atoms with E-state index in [-0.39, 0.29) is 0 Å². The van der Waals surface area contributed by atoms with E-state index in [1.807, 2.05) is 0 Å². The number of hydrogen-bond acceptors (Lipinski definition) is 3. The molecule has 3 heteroatoms. The topological polar surface area (TPSA) is 53.2 Å². The predicted molar refractivity (Wildman–Crippen MR) is 23.0 cm³/mol. The van der Waals surface area contributed by atoms with Crippen LogP contribution < -0.4 is 0 Å². The third kappa shape index (κ3) is 5.25. The van der Waals surface area contributed by atoms with Crippen molar-refractivity contribution >= 4 is 0 Å². The number of nitrogens with zero attached hydrogens (tertiary/aromatic N) is 1. The van der Waals surface area contributed by atoms with Gasteiger partial charge in [0.25, 0.3) is 6.26 Å². The number of nitriles is 1. The third-order valence-corrected chi connectivity index (χ3v) is 0.295. The highest BCUT2D eigenvalue weighted by Gasteiger charge is 2.10. The van der Waals surface area contributed by atoms with Crippen LogP contribution in [0, 0.1) is 11.5 Å². The summed E-state index contributed by atoms with van der Waals surface area (Å²) in [6.07, 6.45) is 1.36. The van der Waals surface area contributed by atoms with E-state index in [2.05, 4.69) is 4.74 Å². The lowest BCUT2D eigenvalue weighted by molar-refractivity contribution is -0.127. The molecule has 0 aliphatic rings. The highest BCUT2D eigenvalue weighted by Crippen LogP contribution is 1.99. The van der Waals surface area contributed by atoms with Gasteiger partial charge in [0, 0.05) is 13.8 Å². The molecular formula is C4H7NO2. The normalized spacial score (nSPS) is 10.0.